The highest BCUT2D eigenvalue weighted by molar-refractivity contribution is 8.20. The van der Waals surface area contributed by atoms with Crippen LogP contribution < -0.4 is 5.32 Å². The molecule has 4 unspecified atom stereocenters. The van der Waals surface area contributed by atoms with Crippen LogP contribution in [0.5, 0.6) is 0 Å². The van der Waals surface area contributed by atoms with Crippen LogP contribution in [-0.4, -0.2) is 79.4 Å². The summed E-state index contributed by atoms with van der Waals surface area (Å²) in [6.45, 7) is 1.22. The van der Waals surface area contributed by atoms with Gasteiger partial charge in [-0.15, -0.1) is 23.5 Å². The van der Waals surface area contributed by atoms with Crippen molar-refractivity contribution in [2.75, 3.05) is 19.6 Å². The molecule has 0 aliphatic carbocycles. The Morgan fingerprint density at radius 3 is 2.72 bits per heavy atom. The van der Waals surface area contributed by atoms with Gasteiger partial charge in [0.2, 0.25) is 11.7 Å². The number of fused-ring (bicyclic) bond motifs is 1. The van der Waals surface area contributed by atoms with Crippen molar-refractivity contribution in [2.24, 2.45) is 10.9 Å². The number of aliphatic carboxylic acids is 1. The van der Waals surface area contributed by atoms with Gasteiger partial charge in [-0.2, -0.15) is 13.2 Å². The smallest absolute Gasteiger partial charge is 0.448 e. The predicted octanol–water partition coefficient (Wildman–Crippen LogP) is 0.345. The monoisotopic (exact) mass is 399 g/mol. The van der Waals surface area contributed by atoms with Gasteiger partial charge >= 0.3 is 12.1 Å². The quantitative estimate of drug-likeness (QED) is 0.586. The first-order valence-electron chi connectivity index (χ1n) is 7.48. The predicted molar refractivity (Wildman–Crippen MR) is 86.4 cm³/mol. The van der Waals surface area contributed by atoms with Gasteiger partial charge in [-0.3, -0.25) is 9.79 Å². The van der Waals surface area contributed by atoms with E-state index in [4.69, 9.17) is 0 Å². The third kappa shape index (κ3) is 3.19. The molecule has 0 radical (unpaired) electrons. The minimum Gasteiger partial charge on any atom is -0.480 e. The Morgan fingerprint density at radius 2 is 2.24 bits per heavy atom. The fourth-order valence-electron chi connectivity index (χ4n) is 3.05. The summed E-state index contributed by atoms with van der Waals surface area (Å²) >= 11 is 2.08. The second kappa shape index (κ2) is 6.23. The first kappa shape index (κ1) is 18.6. The zero-order chi connectivity index (χ0) is 18.6. The number of hydrogen-bond acceptors (Lipinski definition) is 7. The number of hydrogen-bond donors (Lipinski definition) is 3. The minimum absolute atomic E-state index is 0.0449. The van der Waals surface area contributed by atoms with Crippen LogP contribution >= 0.6 is 23.5 Å². The maximum Gasteiger partial charge on any atom is 0.448 e. The molecule has 7 nitrogen and oxygen atoms in total. The lowest BCUT2D eigenvalue weighted by Crippen LogP contribution is -2.60. The summed E-state index contributed by atoms with van der Waals surface area (Å²) < 4.78 is 36.4. The number of carbonyl (C=O) groups excluding carboxylic acids is 1. The highest BCUT2D eigenvalue weighted by Crippen LogP contribution is 2.56. The highest BCUT2D eigenvalue weighted by Gasteiger charge is 2.63. The molecule has 5 atom stereocenters. The number of nitrogens with one attached hydrogen (secondary N) is 1. The van der Waals surface area contributed by atoms with Crippen LogP contribution in [0, 0.1) is 5.92 Å². The van der Waals surface area contributed by atoms with Gasteiger partial charge in [0.1, 0.15) is 0 Å². The summed E-state index contributed by atoms with van der Waals surface area (Å²) in [5.41, 5.74) is 0. The normalized spacial score (nSPS) is 36.2. The van der Waals surface area contributed by atoms with Gasteiger partial charge < -0.3 is 20.4 Å². The summed E-state index contributed by atoms with van der Waals surface area (Å²) in [6.07, 6.45) is -5.43. The minimum atomic E-state index is -4.55. The average molecular weight is 399 g/mol. The van der Waals surface area contributed by atoms with E-state index in [-0.39, 0.29) is 25.5 Å². The van der Waals surface area contributed by atoms with Gasteiger partial charge in [-0.25, -0.2) is 4.79 Å². The number of carboxylic acids is 1. The number of amides is 1. The molecular weight excluding hydrogens is 383 g/mol. The van der Waals surface area contributed by atoms with Crippen molar-refractivity contribution >= 4 is 41.2 Å². The molecule has 3 aliphatic rings. The first-order chi connectivity index (χ1) is 11.5. The molecule has 140 valence electrons. The Labute approximate surface area is 149 Å². The second-order valence-corrected chi connectivity index (χ2v) is 9.38. The van der Waals surface area contributed by atoms with E-state index in [1.165, 1.54) is 11.8 Å². The second-order valence-electron chi connectivity index (χ2n) is 6.11. The molecule has 2 fully saturated rings. The summed E-state index contributed by atoms with van der Waals surface area (Å²) in [6, 6.07) is 0. The van der Waals surface area contributed by atoms with E-state index in [0.29, 0.717) is 0 Å². The van der Waals surface area contributed by atoms with Crippen molar-refractivity contribution in [1.29, 1.82) is 0 Å². The molecule has 0 aromatic carbocycles. The van der Waals surface area contributed by atoms with Crippen molar-refractivity contribution in [2.45, 2.75) is 33.9 Å². The van der Waals surface area contributed by atoms with Gasteiger partial charge in [0.25, 0.3) is 0 Å². The van der Waals surface area contributed by atoms with Gasteiger partial charge in [0.05, 0.1) is 30.5 Å². The molecule has 0 bridgehead atoms. The number of aliphatic hydroxyl groups excluding tert-OH is 1. The summed E-state index contributed by atoms with van der Waals surface area (Å²) in [4.78, 5) is 28.7. The van der Waals surface area contributed by atoms with E-state index in [9.17, 15) is 33.0 Å². The van der Waals surface area contributed by atoms with Crippen molar-refractivity contribution < 1.29 is 33.0 Å². The largest absolute Gasteiger partial charge is 0.480 e. The number of aliphatic hydroxyl groups is 1. The summed E-state index contributed by atoms with van der Waals surface area (Å²) in [7, 11) is 0. The first-order valence-corrected chi connectivity index (χ1v) is 9.24. The van der Waals surface area contributed by atoms with Crippen molar-refractivity contribution in [3.05, 3.63) is 0 Å². The number of amidine groups is 1. The van der Waals surface area contributed by atoms with Crippen LogP contribution in [0.4, 0.5) is 13.2 Å². The third-order valence-electron chi connectivity index (χ3n) is 4.29. The zero-order valence-corrected chi connectivity index (χ0v) is 14.6. The SMILES string of the molecule is CC(O)C1C(=O)N2CC(SC3CN=C(C(F)(F)F)NC3)(C(=O)O)S[C@H]12. The molecule has 3 rings (SSSR count). The Bertz CT molecular complexity index is 630. The molecule has 0 aromatic heterocycles. The third-order valence-corrected chi connectivity index (χ3v) is 7.68. The number of halogens is 3. The average Bonchev–Trinajstić information content (AvgIpc) is 2.82. The Kier molecular flexibility index (Phi) is 4.65. The van der Waals surface area contributed by atoms with E-state index in [1.807, 2.05) is 0 Å². The van der Waals surface area contributed by atoms with Gasteiger partial charge in [0.15, 0.2) is 4.08 Å². The highest BCUT2D eigenvalue weighted by atomic mass is 32.2. The maximum absolute atomic E-state index is 12.6. The van der Waals surface area contributed by atoms with E-state index in [0.717, 1.165) is 23.5 Å². The van der Waals surface area contributed by atoms with Crippen molar-refractivity contribution in [3.63, 3.8) is 0 Å². The molecule has 1 amide bonds. The van der Waals surface area contributed by atoms with Crippen LogP contribution in [0.2, 0.25) is 0 Å². The summed E-state index contributed by atoms with van der Waals surface area (Å²) in [5, 5.41) is 20.6. The van der Waals surface area contributed by atoms with E-state index in [2.05, 4.69) is 10.3 Å². The molecular formula is C13H16F3N3O4S2. The molecule has 0 aromatic rings. The number of thioether (sulfide) groups is 2. The lowest BCUT2D eigenvalue weighted by molar-refractivity contribution is -0.155. The van der Waals surface area contributed by atoms with Gasteiger partial charge in [-0.1, -0.05) is 0 Å². The molecule has 0 saturated carbocycles. The fraction of sp³-hybridized carbons (Fsp3) is 0.769. The van der Waals surface area contributed by atoms with E-state index >= 15 is 0 Å². The standard InChI is InChI=1S/C13H16F3N3O4S2/c1-5(20)7-8(21)19-4-12(11(22)23,25-9(7)19)24-6-2-17-10(18-3-6)13(14,15)16/h5-7,9,20H,2-4H2,1H3,(H,17,18)(H,22,23)/t5?,7?,9-,12?/m1/s1. The molecule has 25 heavy (non-hydrogen) atoms. The van der Waals surface area contributed by atoms with Crippen molar-refractivity contribution in [3.8, 4) is 0 Å². The number of alkyl halides is 3. The lowest BCUT2D eigenvalue weighted by atomic mass is 9.93. The van der Waals surface area contributed by atoms with Crippen LogP contribution in [0.15, 0.2) is 4.99 Å². The fourth-order valence-corrected chi connectivity index (χ4v) is 6.65. The molecule has 3 heterocycles. The van der Waals surface area contributed by atoms with Gasteiger partial charge in [0, 0.05) is 11.8 Å². The van der Waals surface area contributed by atoms with Crippen LogP contribution in [-0.2, 0) is 9.59 Å². The topological polar surface area (TPSA) is 102 Å². The number of rotatable bonds is 4. The zero-order valence-electron chi connectivity index (χ0n) is 13.0. The summed E-state index contributed by atoms with van der Waals surface area (Å²) in [5.74, 6) is -3.14. The lowest BCUT2D eigenvalue weighted by Gasteiger charge is -2.42. The Morgan fingerprint density at radius 1 is 1.56 bits per heavy atom. The number of nitrogens with zero attached hydrogens (tertiary/aromatic N) is 2. The molecule has 12 heteroatoms. The van der Waals surface area contributed by atoms with Gasteiger partial charge in [-0.05, 0) is 6.92 Å². The molecule has 2 saturated heterocycles. The maximum atomic E-state index is 12.6. The van der Waals surface area contributed by atoms with E-state index < -0.39 is 44.7 Å². The Balaban J connectivity index is 1.71. The molecule has 3 N–H and O–H groups in total. The molecule has 3 aliphatic heterocycles. The molecule has 0 spiro atoms. The Hall–Kier alpha value is -1.14. The van der Waals surface area contributed by atoms with Crippen LogP contribution in [0.1, 0.15) is 6.92 Å². The number of carbonyl (C=O) groups is 2. The number of aliphatic imine (C=N–C) groups is 1. The van der Waals surface area contributed by atoms with E-state index in [1.54, 1.807) is 0 Å². The van der Waals surface area contributed by atoms with Crippen LogP contribution in [0.3, 0.4) is 0 Å². The van der Waals surface area contributed by atoms with Crippen molar-refractivity contribution in [1.82, 2.24) is 10.2 Å². The number of carboxylic acid groups (broad SMARTS) is 1. The van der Waals surface area contributed by atoms with Crippen LogP contribution in [0.25, 0.3) is 0 Å². The number of β-lactam (4-membered cyclic amide) rings is 1.